The molecule has 0 N–H and O–H groups in total. The Kier molecular flexibility index (Phi) is 5.25. The summed E-state index contributed by atoms with van der Waals surface area (Å²) >= 11 is 0. The third kappa shape index (κ3) is 3.80. The largest absolute Gasteiger partial charge is 0.378 e. The number of amides is 1. The highest BCUT2D eigenvalue weighted by atomic mass is 32.2. The Hall–Kier alpha value is -2.78. The summed E-state index contributed by atoms with van der Waals surface area (Å²) in [5.74, 6) is 0.123. The van der Waals surface area contributed by atoms with Crippen molar-refractivity contribution in [3.63, 3.8) is 0 Å². The van der Waals surface area contributed by atoms with Gasteiger partial charge in [-0.3, -0.25) is 4.79 Å². The van der Waals surface area contributed by atoms with Crippen molar-refractivity contribution in [3.8, 4) is 11.3 Å². The molecule has 32 heavy (non-hydrogen) atoms. The van der Waals surface area contributed by atoms with Gasteiger partial charge in [0.2, 0.25) is 0 Å². The van der Waals surface area contributed by atoms with Crippen molar-refractivity contribution in [1.82, 2.24) is 19.7 Å². The molecule has 2 aliphatic rings. The van der Waals surface area contributed by atoms with Crippen molar-refractivity contribution in [2.45, 2.75) is 26.3 Å². The van der Waals surface area contributed by atoms with E-state index in [2.05, 4.69) is 5.10 Å². The fraction of sp³-hybridized carbons (Fsp3) is 0.435. The van der Waals surface area contributed by atoms with Gasteiger partial charge in [-0.1, -0.05) is 29.8 Å². The summed E-state index contributed by atoms with van der Waals surface area (Å²) < 4.78 is 31.4. The maximum absolute atomic E-state index is 13.5. The maximum atomic E-state index is 13.5. The SMILES string of the molecule is Cc1ccc(-c2cc(C(=O)N3CCOCC3)c3c(C)nn(C4CCS(=O)(=O)C4)c3n2)cc1. The number of nitrogens with zero attached hydrogens (tertiary/aromatic N) is 4. The number of hydrogen-bond acceptors (Lipinski definition) is 6. The highest BCUT2D eigenvalue weighted by Crippen LogP contribution is 2.32. The number of rotatable bonds is 3. The molecule has 5 rings (SSSR count). The van der Waals surface area contributed by atoms with Gasteiger partial charge in [0, 0.05) is 18.7 Å². The first kappa shape index (κ1) is 21.1. The Morgan fingerprint density at radius 2 is 1.84 bits per heavy atom. The molecule has 0 aliphatic carbocycles. The van der Waals surface area contributed by atoms with E-state index in [1.165, 1.54) is 0 Å². The second kappa shape index (κ2) is 7.97. The molecule has 0 radical (unpaired) electrons. The average Bonchev–Trinajstić information content (AvgIpc) is 3.32. The molecule has 0 spiro atoms. The normalized spacial score (nSPS) is 20.7. The van der Waals surface area contributed by atoms with Gasteiger partial charge in [-0.2, -0.15) is 5.10 Å². The summed E-state index contributed by atoms with van der Waals surface area (Å²) in [6, 6.07) is 9.56. The highest BCUT2D eigenvalue weighted by Gasteiger charge is 2.33. The fourth-order valence-corrected chi connectivity index (χ4v) is 6.21. The van der Waals surface area contributed by atoms with Crippen LogP contribution in [0.15, 0.2) is 30.3 Å². The Bertz CT molecular complexity index is 1290. The van der Waals surface area contributed by atoms with E-state index in [9.17, 15) is 13.2 Å². The summed E-state index contributed by atoms with van der Waals surface area (Å²) in [6.07, 6.45) is 0.502. The molecule has 3 aromatic rings. The first-order valence-corrected chi connectivity index (χ1v) is 12.7. The number of aryl methyl sites for hydroxylation is 2. The fourth-order valence-electron chi connectivity index (χ4n) is 4.51. The lowest BCUT2D eigenvalue weighted by molar-refractivity contribution is 0.0304. The molecule has 1 atom stereocenters. The molecule has 2 saturated heterocycles. The monoisotopic (exact) mass is 454 g/mol. The minimum Gasteiger partial charge on any atom is -0.378 e. The molecule has 1 unspecified atom stereocenters. The number of hydrogen-bond donors (Lipinski definition) is 0. The lowest BCUT2D eigenvalue weighted by atomic mass is 10.0. The van der Waals surface area contributed by atoms with Gasteiger partial charge in [0.1, 0.15) is 0 Å². The van der Waals surface area contributed by atoms with Crippen LogP contribution in [0.1, 0.15) is 34.1 Å². The molecule has 0 saturated carbocycles. The molecule has 4 heterocycles. The predicted molar refractivity (Wildman–Crippen MR) is 121 cm³/mol. The molecule has 2 aromatic heterocycles. The van der Waals surface area contributed by atoms with Crippen LogP contribution in [0.3, 0.4) is 0 Å². The van der Waals surface area contributed by atoms with E-state index in [1.807, 2.05) is 44.2 Å². The van der Waals surface area contributed by atoms with Gasteiger partial charge in [0.25, 0.3) is 5.91 Å². The third-order valence-electron chi connectivity index (χ3n) is 6.27. The van der Waals surface area contributed by atoms with Crippen LogP contribution >= 0.6 is 0 Å². The van der Waals surface area contributed by atoms with Gasteiger partial charge >= 0.3 is 0 Å². The molecule has 1 aromatic carbocycles. The zero-order valence-corrected chi connectivity index (χ0v) is 19.1. The number of carbonyl (C=O) groups is 1. The Labute approximate surface area is 187 Å². The Morgan fingerprint density at radius 3 is 2.50 bits per heavy atom. The minimum absolute atomic E-state index is 0.0480. The van der Waals surface area contributed by atoms with Gasteiger partial charge < -0.3 is 9.64 Å². The minimum atomic E-state index is -3.09. The van der Waals surface area contributed by atoms with Crippen LogP contribution in [0.2, 0.25) is 0 Å². The van der Waals surface area contributed by atoms with Crippen molar-refractivity contribution in [3.05, 3.63) is 47.2 Å². The predicted octanol–water partition coefficient (Wildman–Crippen LogP) is 2.55. The standard InChI is InChI=1S/C23H26N4O4S/c1-15-3-5-17(6-4-15)20-13-19(23(28)26-8-10-31-11-9-26)21-16(2)25-27(22(21)24-20)18-7-12-32(29,30)14-18/h3-6,13,18H,7-12,14H2,1-2H3. The summed E-state index contributed by atoms with van der Waals surface area (Å²) in [7, 11) is -3.09. The van der Waals surface area contributed by atoms with Crippen molar-refractivity contribution >= 4 is 26.8 Å². The van der Waals surface area contributed by atoms with Gasteiger partial charge in [0.15, 0.2) is 15.5 Å². The van der Waals surface area contributed by atoms with Gasteiger partial charge in [0.05, 0.1) is 53.1 Å². The molecular formula is C23H26N4O4S. The van der Waals surface area contributed by atoms with Crippen molar-refractivity contribution in [1.29, 1.82) is 0 Å². The Balaban J connectivity index is 1.70. The number of pyridine rings is 1. The van der Waals surface area contributed by atoms with Gasteiger partial charge in [-0.05, 0) is 26.3 Å². The summed E-state index contributed by atoms with van der Waals surface area (Å²) in [5, 5.41) is 5.36. The number of morpholine rings is 1. The van der Waals surface area contributed by atoms with Crippen molar-refractivity contribution in [2.75, 3.05) is 37.8 Å². The maximum Gasteiger partial charge on any atom is 0.254 e. The van der Waals surface area contributed by atoms with E-state index in [1.54, 1.807) is 9.58 Å². The second-order valence-corrected chi connectivity index (χ2v) is 10.8. The molecule has 8 nitrogen and oxygen atoms in total. The van der Waals surface area contributed by atoms with Crippen LogP contribution in [-0.2, 0) is 14.6 Å². The van der Waals surface area contributed by atoms with E-state index in [0.29, 0.717) is 60.7 Å². The van der Waals surface area contributed by atoms with E-state index in [-0.39, 0.29) is 23.5 Å². The quantitative estimate of drug-likeness (QED) is 0.604. The number of aromatic nitrogens is 3. The number of benzene rings is 1. The van der Waals surface area contributed by atoms with E-state index in [0.717, 1.165) is 11.1 Å². The molecule has 2 fully saturated rings. The van der Waals surface area contributed by atoms with Gasteiger partial charge in [-0.25, -0.2) is 18.1 Å². The summed E-state index contributed by atoms with van der Waals surface area (Å²) in [6.45, 7) is 5.98. The van der Waals surface area contributed by atoms with Crippen LogP contribution in [0.4, 0.5) is 0 Å². The number of sulfone groups is 1. The van der Waals surface area contributed by atoms with Crippen LogP contribution in [0.5, 0.6) is 0 Å². The van der Waals surface area contributed by atoms with Crippen LogP contribution < -0.4 is 0 Å². The first-order chi connectivity index (χ1) is 15.3. The number of ether oxygens (including phenoxy) is 1. The van der Waals surface area contributed by atoms with Crippen LogP contribution in [0, 0.1) is 13.8 Å². The number of carbonyl (C=O) groups excluding carboxylic acids is 1. The van der Waals surface area contributed by atoms with Crippen molar-refractivity contribution < 1.29 is 17.9 Å². The molecule has 1 amide bonds. The van der Waals surface area contributed by atoms with Crippen molar-refractivity contribution in [2.24, 2.45) is 0 Å². The van der Waals surface area contributed by atoms with Gasteiger partial charge in [-0.15, -0.1) is 0 Å². The van der Waals surface area contributed by atoms with E-state index in [4.69, 9.17) is 9.72 Å². The van der Waals surface area contributed by atoms with Crippen LogP contribution in [-0.4, -0.2) is 71.8 Å². The van der Waals surface area contributed by atoms with Crippen LogP contribution in [0.25, 0.3) is 22.3 Å². The lowest BCUT2D eigenvalue weighted by Gasteiger charge is -2.27. The molecular weight excluding hydrogens is 428 g/mol. The molecule has 168 valence electrons. The number of fused-ring (bicyclic) bond motifs is 1. The second-order valence-electron chi connectivity index (χ2n) is 8.61. The lowest BCUT2D eigenvalue weighted by Crippen LogP contribution is -2.40. The molecule has 2 aliphatic heterocycles. The third-order valence-corrected chi connectivity index (χ3v) is 8.02. The summed E-state index contributed by atoms with van der Waals surface area (Å²) in [5.41, 5.74) is 4.52. The molecule has 0 bridgehead atoms. The average molecular weight is 455 g/mol. The summed E-state index contributed by atoms with van der Waals surface area (Å²) in [4.78, 5) is 20.2. The molecule has 9 heteroatoms. The first-order valence-electron chi connectivity index (χ1n) is 10.9. The topological polar surface area (TPSA) is 94.4 Å². The zero-order chi connectivity index (χ0) is 22.5. The zero-order valence-electron chi connectivity index (χ0n) is 18.2. The Morgan fingerprint density at radius 1 is 1.12 bits per heavy atom. The van der Waals surface area contributed by atoms with E-state index >= 15 is 0 Å². The highest BCUT2D eigenvalue weighted by molar-refractivity contribution is 7.91. The smallest absolute Gasteiger partial charge is 0.254 e. The van der Waals surface area contributed by atoms with E-state index < -0.39 is 9.84 Å².